The monoisotopic (exact) mass is 344 g/mol. The molecule has 2 heterocycles. The van der Waals surface area contributed by atoms with Crippen LogP contribution in [0.15, 0.2) is 39.4 Å². The van der Waals surface area contributed by atoms with Crippen LogP contribution in [-0.2, 0) is 9.53 Å². The molecule has 0 saturated carbocycles. The van der Waals surface area contributed by atoms with Gasteiger partial charge in [-0.25, -0.2) is 4.79 Å². The maximum absolute atomic E-state index is 12.4. The van der Waals surface area contributed by atoms with Crippen molar-refractivity contribution in [3.63, 3.8) is 0 Å². The van der Waals surface area contributed by atoms with Gasteiger partial charge in [0.25, 0.3) is 0 Å². The first-order valence-electron chi connectivity index (χ1n) is 7.02. The Bertz CT molecular complexity index is 734. The molecule has 6 heteroatoms. The summed E-state index contributed by atoms with van der Waals surface area (Å²) in [6.45, 7) is 3.87. The molecule has 1 N–H and O–H groups in total. The number of rotatable bonds is 5. The van der Waals surface area contributed by atoms with Crippen LogP contribution >= 0.6 is 23.1 Å². The van der Waals surface area contributed by atoms with Gasteiger partial charge in [-0.3, -0.25) is 0 Å². The summed E-state index contributed by atoms with van der Waals surface area (Å²) < 4.78 is 5.19. The van der Waals surface area contributed by atoms with Crippen molar-refractivity contribution in [2.45, 2.75) is 19.8 Å². The van der Waals surface area contributed by atoms with E-state index in [2.05, 4.69) is 17.3 Å². The van der Waals surface area contributed by atoms with Gasteiger partial charge in [-0.1, -0.05) is 23.7 Å². The van der Waals surface area contributed by atoms with Gasteiger partial charge in [0.1, 0.15) is 0 Å². The van der Waals surface area contributed by atoms with Crippen molar-refractivity contribution in [3.8, 4) is 18.4 Å². The van der Waals surface area contributed by atoms with Crippen molar-refractivity contribution in [2.75, 3.05) is 12.4 Å². The number of hydrogen-bond donors (Lipinski definition) is 1. The summed E-state index contributed by atoms with van der Waals surface area (Å²) in [7, 11) is 0. The Labute approximate surface area is 144 Å². The van der Waals surface area contributed by atoms with Gasteiger partial charge in [0, 0.05) is 10.6 Å². The summed E-state index contributed by atoms with van der Waals surface area (Å²) in [5, 5.41) is 15.4. The highest BCUT2D eigenvalue weighted by Crippen LogP contribution is 2.42. The quantitative estimate of drug-likeness (QED) is 0.655. The first-order chi connectivity index (χ1) is 11.1. The van der Waals surface area contributed by atoms with E-state index in [1.54, 1.807) is 6.92 Å². The third-order valence-corrected chi connectivity index (χ3v) is 5.13. The lowest BCUT2D eigenvalue weighted by atomic mass is 9.87. The van der Waals surface area contributed by atoms with Crippen molar-refractivity contribution in [2.24, 2.45) is 0 Å². The minimum Gasteiger partial charge on any atom is -0.463 e. The number of allylic oxidation sites excluding steroid dienone is 2. The predicted octanol–water partition coefficient (Wildman–Crippen LogP) is 3.37. The lowest BCUT2D eigenvalue weighted by Gasteiger charge is -2.28. The molecule has 1 aromatic rings. The number of nitrogens with one attached hydrogen (secondary N) is 1. The maximum Gasteiger partial charge on any atom is 0.336 e. The molecular weight excluding hydrogens is 328 g/mol. The Morgan fingerprint density at radius 2 is 2.39 bits per heavy atom. The number of carbonyl (C=O) groups excluding carboxylic acids is 1. The topological polar surface area (TPSA) is 62.1 Å². The molecule has 23 heavy (non-hydrogen) atoms. The molecule has 0 fully saturated rings. The first-order valence-corrected chi connectivity index (χ1v) is 8.89. The molecule has 2 rings (SSSR count). The SMILES string of the molecule is C#CCSC1=C(C#N)[C@H](c2cccs2)C(C(=O)OCC)=C(C)N1. The van der Waals surface area contributed by atoms with Crippen molar-refractivity contribution in [1.29, 1.82) is 5.26 Å². The molecule has 0 amide bonds. The fraction of sp³-hybridized carbons (Fsp3) is 0.294. The summed E-state index contributed by atoms with van der Waals surface area (Å²) in [6.07, 6.45) is 5.32. The zero-order valence-corrected chi connectivity index (χ0v) is 14.5. The van der Waals surface area contributed by atoms with Crippen molar-refractivity contribution in [3.05, 3.63) is 44.3 Å². The largest absolute Gasteiger partial charge is 0.463 e. The normalized spacial score (nSPS) is 17.3. The van der Waals surface area contributed by atoms with Crippen LogP contribution < -0.4 is 5.32 Å². The summed E-state index contributed by atoms with van der Waals surface area (Å²) in [5.74, 6) is 2.19. The maximum atomic E-state index is 12.4. The lowest BCUT2D eigenvalue weighted by molar-refractivity contribution is -0.138. The molecule has 0 bridgehead atoms. The molecule has 1 aromatic heterocycles. The van der Waals surface area contributed by atoms with Gasteiger partial charge < -0.3 is 10.1 Å². The Morgan fingerprint density at radius 3 is 2.96 bits per heavy atom. The fourth-order valence-electron chi connectivity index (χ4n) is 2.36. The minimum atomic E-state index is -0.416. The van der Waals surface area contributed by atoms with Gasteiger partial charge >= 0.3 is 5.97 Å². The average molecular weight is 344 g/mol. The van der Waals surface area contributed by atoms with E-state index < -0.39 is 11.9 Å². The van der Waals surface area contributed by atoms with Gasteiger partial charge in [0.05, 0.1) is 40.5 Å². The van der Waals surface area contributed by atoms with Crippen LogP contribution in [0, 0.1) is 23.7 Å². The minimum absolute atomic E-state index is 0.289. The van der Waals surface area contributed by atoms with Crippen LogP contribution in [0.5, 0.6) is 0 Å². The number of esters is 1. The number of hydrogen-bond acceptors (Lipinski definition) is 6. The van der Waals surface area contributed by atoms with Crippen LogP contribution in [0.4, 0.5) is 0 Å². The van der Waals surface area contributed by atoms with Gasteiger partial charge in [0.2, 0.25) is 0 Å². The van der Waals surface area contributed by atoms with Crippen LogP contribution in [0.2, 0.25) is 0 Å². The molecule has 118 valence electrons. The molecule has 1 aliphatic rings. The van der Waals surface area contributed by atoms with E-state index in [-0.39, 0.29) is 6.61 Å². The van der Waals surface area contributed by atoms with Crippen molar-refractivity contribution >= 4 is 29.1 Å². The Morgan fingerprint density at radius 1 is 1.61 bits per heavy atom. The van der Waals surface area contributed by atoms with Crippen LogP contribution in [-0.4, -0.2) is 18.3 Å². The molecule has 0 spiro atoms. The van der Waals surface area contributed by atoms with E-state index in [0.29, 0.717) is 27.6 Å². The Hall–Kier alpha value is -2.15. The molecule has 0 unspecified atom stereocenters. The number of nitrogens with zero attached hydrogens (tertiary/aromatic N) is 1. The fourth-order valence-corrected chi connectivity index (χ4v) is 3.97. The summed E-state index contributed by atoms with van der Waals surface area (Å²) in [4.78, 5) is 13.3. The molecule has 1 atom stereocenters. The Kier molecular flexibility index (Phi) is 5.92. The molecule has 4 nitrogen and oxygen atoms in total. The number of nitriles is 1. The lowest BCUT2D eigenvalue weighted by Crippen LogP contribution is -2.28. The Balaban J connectivity index is 2.54. The van der Waals surface area contributed by atoms with Gasteiger partial charge in [-0.05, 0) is 25.3 Å². The van der Waals surface area contributed by atoms with E-state index >= 15 is 0 Å². The van der Waals surface area contributed by atoms with Crippen LogP contribution in [0.3, 0.4) is 0 Å². The molecule has 0 radical (unpaired) electrons. The third-order valence-electron chi connectivity index (χ3n) is 3.27. The van der Waals surface area contributed by atoms with Gasteiger partial charge in [-0.15, -0.1) is 17.8 Å². The third kappa shape index (κ3) is 3.61. The number of thioether (sulfide) groups is 1. The van der Waals surface area contributed by atoms with E-state index in [1.165, 1.54) is 23.1 Å². The number of carbonyl (C=O) groups is 1. The molecule has 0 saturated heterocycles. The molecular formula is C17H16N2O2S2. The second-order valence-electron chi connectivity index (χ2n) is 4.68. The van der Waals surface area contributed by atoms with Crippen molar-refractivity contribution in [1.82, 2.24) is 5.32 Å². The zero-order chi connectivity index (χ0) is 16.8. The number of terminal acetylenes is 1. The summed E-state index contributed by atoms with van der Waals surface area (Å²) in [5.41, 5.74) is 1.68. The molecule has 1 aliphatic heterocycles. The summed E-state index contributed by atoms with van der Waals surface area (Å²) >= 11 is 2.90. The number of ether oxygens (including phenoxy) is 1. The molecule has 0 aromatic carbocycles. The highest BCUT2D eigenvalue weighted by atomic mass is 32.2. The van der Waals surface area contributed by atoms with Crippen LogP contribution in [0.25, 0.3) is 0 Å². The zero-order valence-electron chi connectivity index (χ0n) is 12.9. The second-order valence-corrected chi connectivity index (χ2v) is 6.64. The van der Waals surface area contributed by atoms with Crippen molar-refractivity contribution < 1.29 is 9.53 Å². The van der Waals surface area contributed by atoms with E-state index in [9.17, 15) is 10.1 Å². The van der Waals surface area contributed by atoms with E-state index in [4.69, 9.17) is 11.2 Å². The average Bonchev–Trinajstić information content (AvgIpc) is 3.06. The highest BCUT2D eigenvalue weighted by Gasteiger charge is 2.35. The van der Waals surface area contributed by atoms with E-state index in [0.717, 1.165) is 4.88 Å². The highest BCUT2D eigenvalue weighted by molar-refractivity contribution is 8.03. The first kappa shape index (κ1) is 17.2. The van der Waals surface area contributed by atoms with E-state index in [1.807, 2.05) is 24.4 Å². The number of dihydropyridines is 1. The smallest absolute Gasteiger partial charge is 0.336 e. The predicted molar refractivity (Wildman–Crippen MR) is 93.5 cm³/mol. The molecule has 0 aliphatic carbocycles. The van der Waals surface area contributed by atoms with Crippen LogP contribution in [0.1, 0.15) is 24.6 Å². The second kappa shape index (κ2) is 7.92. The standard InChI is InChI=1S/C17H16N2O2S2/c1-4-8-23-16-12(10-18)15(13-7-6-9-22-13)14(11(3)19-16)17(20)21-5-2/h1,6-7,9,15,19H,5,8H2,2-3H3/t15-/m1/s1. The summed E-state index contributed by atoms with van der Waals surface area (Å²) in [6, 6.07) is 6.07. The van der Waals surface area contributed by atoms with Gasteiger partial charge in [0.15, 0.2) is 0 Å². The number of thiophene rings is 1. The van der Waals surface area contributed by atoms with Gasteiger partial charge in [-0.2, -0.15) is 5.26 Å².